The van der Waals surface area contributed by atoms with Crippen molar-refractivity contribution < 1.29 is 24.5 Å². The van der Waals surface area contributed by atoms with Crippen molar-refractivity contribution in [1.82, 2.24) is 5.32 Å². The van der Waals surface area contributed by atoms with Crippen molar-refractivity contribution in [2.24, 2.45) is 0 Å². The second-order valence-corrected chi connectivity index (χ2v) is 16.6. The highest BCUT2D eigenvalue weighted by Crippen LogP contribution is 2.16. The zero-order valence-electron chi connectivity index (χ0n) is 40.0. The third-order valence-corrected chi connectivity index (χ3v) is 10.7. The number of allylic oxidation sites excluding steroid dienone is 18. The zero-order chi connectivity index (χ0) is 45.2. The maximum absolute atomic E-state index is 13.2. The Morgan fingerprint density at radius 3 is 1.47 bits per heavy atom. The van der Waals surface area contributed by atoms with Gasteiger partial charge in [-0.15, -0.1) is 0 Å². The summed E-state index contributed by atoms with van der Waals surface area (Å²) in [6, 6.07) is -0.740. The number of esters is 1. The van der Waals surface area contributed by atoms with Crippen molar-refractivity contribution in [1.29, 1.82) is 0 Å². The van der Waals surface area contributed by atoms with Gasteiger partial charge in [0.15, 0.2) is 0 Å². The van der Waals surface area contributed by atoms with E-state index in [1.807, 2.05) is 54.7 Å². The quantitative estimate of drug-likeness (QED) is 0.0246. The number of amides is 1. The molecule has 0 heterocycles. The molecule has 0 aliphatic rings. The van der Waals surface area contributed by atoms with Crippen molar-refractivity contribution in [3.63, 3.8) is 0 Å². The van der Waals surface area contributed by atoms with E-state index in [9.17, 15) is 19.8 Å². The molecule has 0 aromatic rings. The highest BCUT2D eigenvalue weighted by molar-refractivity contribution is 5.77. The lowest BCUT2D eigenvalue weighted by Crippen LogP contribution is -2.46. The van der Waals surface area contributed by atoms with Crippen molar-refractivity contribution in [2.45, 2.75) is 225 Å². The first-order valence-electron chi connectivity index (χ1n) is 25.2. The Morgan fingerprint density at radius 1 is 0.500 bits per heavy atom. The van der Waals surface area contributed by atoms with Crippen LogP contribution in [0.2, 0.25) is 0 Å². The highest BCUT2D eigenvalue weighted by atomic mass is 16.5. The minimum absolute atomic E-state index is 0.00447. The second kappa shape index (κ2) is 48.6. The third-order valence-electron chi connectivity index (χ3n) is 10.7. The molecule has 1 amide bonds. The summed E-state index contributed by atoms with van der Waals surface area (Å²) in [4.78, 5) is 26.1. The van der Waals surface area contributed by atoms with Crippen LogP contribution in [0.1, 0.15) is 207 Å². The van der Waals surface area contributed by atoms with Crippen LogP contribution < -0.4 is 5.32 Å². The van der Waals surface area contributed by atoms with Gasteiger partial charge < -0.3 is 20.3 Å². The Balaban J connectivity index is 4.74. The molecule has 6 nitrogen and oxygen atoms in total. The fourth-order valence-corrected chi connectivity index (χ4v) is 6.99. The molecule has 0 aliphatic heterocycles. The van der Waals surface area contributed by atoms with Gasteiger partial charge in [-0.05, 0) is 70.6 Å². The highest BCUT2D eigenvalue weighted by Gasteiger charge is 2.24. The number of aliphatic hydroxyl groups is 2. The molecule has 3 atom stereocenters. The molecule has 0 saturated heterocycles. The van der Waals surface area contributed by atoms with Crippen molar-refractivity contribution in [2.75, 3.05) is 6.61 Å². The topological polar surface area (TPSA) is 95.9 Å². The van der Waals surface area contributed by atoms with Gasteiger partial charge in [-0.3, -0.25) is 9.59 Å². The predicted molar refractivity (Wildman–Crippen MR) is 268 cm³/mol. The first-order valence-corrected chi connectivity index (χ1v) is 25.2. The van der Waals surface area contributed by atoms with Gasteiger partial charge in [-0.25, -0.2) is 0 Å². The number of carbonyl (C=O) groups excluding carboxylic acids is 2. The first kappa shape index (κ1) is 58.5. The number of hydrogen-bond donors (Lipinski definition) is 3. The van der Waals surface area contributed by atoms with E-state index < -0.39 is 18.2 Å². The van der Waals surface area contributed by atoms with Crippen LogP contribution in [0.15, 0.2) is 109 Å². The summed E-state index contributed by atoms with van der Waals surface area (Å²) in [7, 11) is 0. The molecule has 0 bridgehead atoms. The molecule has 0 fully saturated rings. The molecule has 6 heteroatoms. The SMILES string of the molecule is CC/C=C/C=C/C=C\C=C/C=C/CCCC(=O)OC(CCC/C=C/C/C=C/C/C=C/C/C=C/CC)CC(=O)NC(CO)C(O)CCCCCCCCCCCCCCCCCC. The van der Waals surface area contributed by atoms with E-state index in [1.54, 1.807) is 0 Å². The fourth-order valence-electron chi connectivity index (χ4n) is 6.99. The average molecular weight is 860 g/mol. The average Bonchev–Trinajstić information content (AvgIpc) is 3.26. The third kappa shape index (κ3) is 43.2. The number of hydrogen-bond acceptors (Lipinski definition) is 5. The fraction of sp³-hybridized carbons (Fsp3) is 0.643. The molecule has 352 valence electrons. The van der Waals surface area contributed by atoms with E-state index in [0.717, 1.165) is 70.6 Å². The van der Waals surface area contributed by atoms with Crippen LogP contribution in [0.4, 0.5) is 0 Å². The van der Waals surface area contributed by atoms with Gasteiger partial charge in [0.1, 0.15) is 6.10 Å². The van der Waals surface area contributed by atoms with Crippen LogP contribution in [0, 0.1) is 0 Å². The maximum Gasteiger partial charge on any atom is 0.306 e. The van der Waals surface area contributed by atoms with Crippen molar-refractivity contribution in [3.05, 3.63) is 109 Å². The van der Waals surface area contributed by atoms with E-state index >= 15 is 0 Å². The molecule has 0 spiro atoms. The summed E-state index contributed by atoms with van der Waals surface area (Å²) in [5, 5.41) is 23.7. The molecule has 62 heavy (non-hydrogen) atoms. The largest absolute Gasteiger partial charge is 0.462 e. The number of rotatable bonds is 43. The lowest BCUT2D eigenvalue weighted by Gasteiger charge is -2.24. The molecular formula is C56H93NO5. The number of nitrogens with one attached hydrogen (secondary N) is 1. The van der Waals surface area contributed by atoms with Gasteiger partial charge in [-0.1, -0.05) is 233 Å². The summed E-state index contributed by atoms with van der Waals surface area (Å²) in [5.41, 5.74) is 0. The van der Waals surface area contributed by atoms with Crippen LogP contribution in [-0.2, 0) is 14.3 Å². The normalized spacial score (nSPS) is 14.2. The minimum Gasteiger partial charge on any atom is -0.462 e. The Labute approximate surface area is 381 Å². The van der Waals surface area contributed by atoms with Gasteiger partial charge in [0.05, 0.1) is 25.2 Å². The summed E-state index contributed by atoms with van der Waals surface area (Å²) in [6.45, 7) is 6.18. The Morgan fingerprint density at radius 2 is 0.952 bits per heavy atom. The number of unbranched alkanes of at least 4 members (excludes halogenated alkanes) is 17. The second-order valence-electron chi connectivity index (χ2n) is 16.6. The van der Waals surface area contributed by atoms with Crippen molar-refractivity contribution >= 4 is 11.9 Å². The van der Waals surface area contributed by atoms with Crippen LogP contribution in [-0.4, -0.2) is 46.9 Å². The summed E-state index contributed by atoms with van der Waals surface area (Å²) < 4.78 is 5.85. The van der Waals surface area contributed by atoms with Crippen LogP contribution >= 0.6 is 0 Å². The maximum atomic E-state index is 13.2. The first-order chi connectivity index (χ1) is 30.5. The predicted octanol–water partition coefficient (Wildman–Crippen LogP) is 15.1. The van der Waals surface area contributed by atoms with E-state index in [2.05, 4.69) is 80.8 Å². The van der Waals surface area contributed by atoms with Gasteiger partial charge in [0, 0.05) is 6.42 Å². The summed E-state index contributed by atoms with van der Waals surface area (Å²) in [6.07, 6.45) is 65.9. The van der Waals surface area contributed by atoms with Gasteiger partial charge in [-0.2, -0.15) is 0 Å². The molecule has 0 saturated carbocycles. The number of carbonyl (C=O) groups is 2. The Kier molecular flexibility index (Phi) is 45.8. The minimum atomic E-state index is -0.821. The standard InChI is InChI=1S/C56H93NO5/c1-4-7-10-13-16-19-22-25-27-28-31-33-36-39-42-45-48-54(59)53(51-58)57-55(60)50-52(47-44-41-38-35-32-30-26-23-20-17-14-11-8-5-2)62-56(61)49-46-43-40-37-34-29-24-21-18-15-12-9-6-3/h8-9,11-12,15,17-18,20-21,24,26,29-30,34-35,37-38,40,52-54,58-59H,4-7,10,13-14,16,19,22-23,25,27-28,31-33,36,39,41-51H2,1-3H3,(H,57,60)/b11-8+,12-9+,18-15+,20-17+,24-21-,30-26+,34-29-,38-35+,40-37+. The molecule has 0 aromatic heterocycles. The smallest absolute Gasteiger partial charge is 0.306 e. The number of aliphatic hydroxyl groups excluding tert-OH is 2. The van der Waals surface area contributed by atoms with E-state index in [1.165, 1.54) is 83.5 Å². The Bertz CT molecular complexity index is 1280. The van der Waals surface area contributed by atoms with E-state index in [0.29, 0.717) is 19.3 Å². The number of ether oxygens (including phenoxy) is 1. The lowest BCUT2D eigenvalue weighted by atomic mass is 10.0. The molecular weight excluding hydrogens is 767 g/mol. The molecule has 3 unspecified atom stereocenters. The monoisotopic (exact) mass is 860 g/mol. The lowest BCUT2D eigenvalue weighted by molar-refractivity contribution is -0.151. The van der Waals surface area contributed by atoms with Gasteiger partial charge in [0.25, 0.3) is 0 Å². The van der Waals surface area contributed by atoms with Gasteiger partial charge >= 0.3 is 5.97 Å². The van der Waals surface area contributed by atoms with E-state index in [-0.39, 0.29) is 31.3 Å². The molecule has 0 rings (SSSR count). The summed E-state index contributed by atoms with van der Waals surface area (Å²) >= 11 is 0. The zero-order valence-corrected chi connectivity index (χ0v) is 40.0. The van der Waals surface area contributed by atoms with Gasteiger partial charge in [0.2, 0.25) is 5.91 Å². The van der Waals surface area contributed by atoms with Crippen LogP contribution in [0.3, 0.4) is 0 Å². The molecule has 0 aromatic carbocycles. The molecule has 3 N–H and O–H groups in total. The van der Waals surface area contributed by atoms with Crippen molar-refractivity contribution in [3.8, 4) is 0 Å². The van der Waals surface area contributed by atoms with Crippen LogP contribution in [0.25, 0.3) is 0 Å². The molecule has 0 radical (unpaired) electrons. The van der Waals surface area contributed by atoms with E-state index in [4.69, 9.17) is 4.74 Å². The van der Waals surface area contributed by atoms with Crippen LogP contribution in [0.5, 0.6) is 0 Å². The summed E-state index contributed by atoms with van der Waals surface area (Å²) in [5.74, 6) is -0.627. The Hall–Kier alpha value is -3.48. The molecule has 0 aliphatic carbocycles.